The molecule has 0 aromatic heterocycles. The molecule has 3 nitrogen and oxygen atoms in total. The standard InChI is InChI=1S/C8H15NO2.BrH/c1-2-11-8(10)7-9-5-3-4-6-9;/h2-7H2,1H3;1H. The molecular weight excluding hydrogens is 222 g/mol. The monoisotopic (exact) mass is 237 g/mol. The maximum absolute atomic E-state index is 10.9. The van der Waals surface area contributed by atoms with Crippen LogP contribution in [0.4, 0.5) is 0 Å². The Labute approximate surface area is 83.8 Å². The van der Waals surface area contributed by atoms with Gasteiger partial charge in [-0.1, -0.05) is 0 Å². The molecule has 4 heteroatoms. The van der Waals surface area contributed by atoms with Gasteiger partial charge in [-0.15, -0.1) is 17.0 Å². The molecule has 12 heavy (non-hydrogen) atoms. The molecule has 0 N–H and O–H groups in total. The lowest BCUT2D eigenvalue weighted by molar-refractivity contribution is -0.144. The number of ether oxygens (including phenoxy) is 1. The van der Waals surface area contributed by atoms with Crippen LogP contribution in [0.25, 0.3) is 0 Å². The van der Waals surface area contributed by atoms with Gasteiger partial charge in [0.15, 0.2) is 0 Å². The molecule has 0 aromatic rings. The van der Waals surface area contributed by atoms with Crippen molar-refractivity contribution in [2.45, 2.75) is 19.8 Å². The van der Waals surface area contributed by atoms with Gasteiger partial charge in [-0.3, -0.25) is 9.69 Å². The molecule has 72 valence electrons. The lowest BCUT2D eigenvalue weighted by Gasteiger charge is -2.12. The van der Waals surface area contributed by atoms with Gasteiger partial charge in [0.05, 0.1) is 13.2 Å². The van der Waals surface area contributed by atoms with E-state index in [0.29, 0.717) is 13.2 Å². The van der Waals surface area contributed by atoms with Crippen molar-refractivity contribution in [2.24, 2.45) is 0 Å². The summed E-state index contributed by atoms with van der Waals surface area (Å²) >= 11 is 0. The first-order chi connectivity index (χ1) is 5.33. The highest BCUT2D eigenvalue weighted by molar-refractivity contribution is 8.93. The van der Waals surface area contributed by atoms with Crippen molar-refractivity contribution >= 4 is 23.0 Å². The van der Waals surface area contributed by atoms with E-state index in [1.165, 1.54) is 12.8 Å². The number of hydrogen-bond donors (Lipinski definition) is 0. The van der Waals surface area contributed by atoms with Crippen LogP contribution >= 0.6 is 17.0 Å². The summed E-state index contributed by atoms with van der Waals surface area (Å²) in [6, 6.07) is 0. The summed E-state index contributed by atoms with van der Waals surface area (Å²) in [5, 5.41) is 0. The fourth-order valence-electron chi connectivity index (χ4n) is 1.33. The van der Waals surface area contributed by atoms with E-state index in [1.807, 2.05) is 6.92 Å². The molecule has 1 saturated heterocycles. The van der Waals surface area contributed by atoms with E-state index in [4.69, 9.17) is 4.74 Å². The fraction of sp³-hybridized carbons (Fsp3) is 0.875. The molecule has 0 aliphatic carbocycles. The highest BCUT2D eigenvalue weighted by Crippen LogP contribution is 2.06. The van der Waals surface area contributed by atoms with E-state index >= 15 is 0 Å². The van der Waals surface area contributed by atoms with Gasteiger partial charge in [0, 0.05) is 0 Å². The van der Waals surface area contributed by atoms with Crippen LogP contribution in [-0.4, -0.2) is 37.1 Å². The van der Waals surface area contributed by atoms with E-state index in [-0.39, 0.29) is 23.0 Å². The number of carbonyl (C=O) groups excluding carboxylic acids is 1. The van der Waals surface area contributed by atoms with E-state index in [2.05, 4.69) is 4.90 Å². The van der Waals surface area contributed by atoms with Crippen LogP contribution in [0.15, 0.2) is 0 Å². The molecule has 1 aliphatic heterocycles. The van der Waals surface area contributed by atoms with Crippen LogP contribution in [0.3, 0.4) is 0 Å². The molecule has 1 rings (SSSR count). The molecule has 1 heterocycles. The van der Waals surface area contributed by atoms with Crippen molar-refractivity contribution in [3.63, 3.8) is 0 Å². The van der Waals surface area contributed by atoms with Crippen LogP contribution in [0.1, 0.15) is 19.8 Å². The lowest BCUT2D eigenvalue weighted by Crippen LogP contribution is -2.28. The Kier molecular flexibility index (Phi) is 6.38. The Morgan fingerprint density at radius 2 is 2.00 bits per heavy atom. The number of rotatable bonds is 3. The first-order valence-corrected chi connectivity index (χ1v) is 4.21. The van der Waals surface area contributed by atoms with Gasteiger partial charge in [0.2, 0.25) is 0 Å². The molecule has 1 fully saturated rings. The van der Waals surface area contributed by atoms with Gasteiger partial charge in [-0.2, -0.15) is 0 Å². The minimum absolute atomic E-state index is 0. The first-order valence-electron chi connectivity index (χ1n) is 4.21. The predicted molar refractivity (Wildman–Crippen MR) is 52.6 cm³/mol. The van der Waals surface area contributed by atoms with Crippen molar-refractivity contribution in [1.29, 1.82) is 0 Å². The number of esters is 1. The summed E-state index contributed by atoms with van der Waals surface area (Å²) in [5.41, 5.74) is 0. The van der Waals surface area contributed by atoms with Crippen molar-refractivity contribution in [1.82, 2.24) is 4.90 Å². The number of likely N-dealkylation sites (tertiary alicyclic amines) is 1. The summed E-state index contributed by atoms with van der Waals surface area (Å²) in [4.78, 5) is 13.1. The number of hydrogen-bond acceptors (Lipinski definition) is 3. The molecule has 0 unspecified atom stereocenters. The Hall–Kier alpha value is -0.0900. The predicted octanol–water partition coefficient (Wildman–Crippen LogP) is 1.22. The summed E-state index contributed by atoms with van der Waals surface area (Å²) < 4.78 is 4.82. The van der Waals surface area contributed by atoms with Gasteiger partial charge in [-0.25, -0.2) is 0 Å². The molecule has 0 spiro atoms. The van der Waals surface area contributed by atoms with Gasteiger partial charge >= 0.3 is 5.97 Å². The molecule has 0 bridgehead atoms. The average Bonchev–Trinajstić information content (AvgIpc) is 2.40. The van der Waals surface area contributed by atoms with Gasteiger partial charge in [0.25, 0.3) is 0 Å². The Bertz CT molecular complexity index is 135. The van der Waals surface area contributed by atoms with E-state index in [1.54, 1.807) is 0 Å². The largest absolute Gasteiger partial charge is 0.465 e. The number of carbonyl (C=O) groups is 1. The summed E-state index contributed by atoms with van der Waals surface area (Å²) in [6.45, 7) is 4.92. The van der Waals surface area contributed by atoms with Crippen LogP contribution in [0.5, 0.6) is 0 Å². The SMILES string of the molecule is Br.CCOC(=O)CN1CCCC1. The van der Waals surface area contributed by atoms with E-state index < -0.39 is 0 Å². The van der Waals surface area contributed by atoms with Gasteiger partial charge in [0.1, 0.15) is 0 Å². The van der Waals surface area contributed by atoms with Gasteiger partial charge < -0.3 is 4.74 Å². The fourth-order valence-corrected chi connectivity index (χ4v) is 1.33. The Morgan fingerprint density at radius 1 is 1.42 bits per heavy atom. The van der Waals surface area contributed by atoms with Crippen LogP contribution in [0.2, 0.25) is 0 Å². The smallest absolute Gasteiger partial charge is 0.320 e. The first kappa shape index (κ1) is 11.9. The normalized spacial score (nSPS) is 17.1. The van der Waals surface area contributed by atoms with Crippen LogP contribution in [0, 0.1) is 0 Å². The van der Waals surface area contributed by atoms with Crippen LogP contribution < -0.4 is 0 Å². The molecule has 0 aromatic carbocycles. The quantitative estimate of drug-likeness (QED) is 0.692. The second-order valence-corrected chi connectivity index (χ2v) is 2.79. The maximum atomic E-state index is 10.9. The Balaban J connectivity index is 0.00000121. The van der Waals surface area contributed by atoms with Crippen molar-refractivity contribution in [3.8, 4) is 0 Å². The third kappa shape index (κ3) is 4.07. The zero-order valence-corrected chi connectivity index (χ0v) is 9.13. The zero-order chi connectivity index (χ0) is 8.10. The molecule has 0 radical (unpaired) electrons. The summed E-state index contributed by atoms with van der Waals surface area (Å²) in [7, 11) is 0. The lowest BCUT2D eigenvalue weighted by atomic mass is 10.4. The van der Waals surface area contributed by atoms with Crippen molar-refractivity contribution < 1.29 is 9.53 Å². The van der Waals surface area contributed by atoms with Crippen LogP contribution in [-0.2, 0) is 9.53 Å². The third-order valence-corrected chi connectivity index (χ3v) is 1.86. The average molecular weight is 238 g/mol. The van der Waals surface area contributed by atoms with E-state index in [9.17, 15) is 4.79 Å². The van der Waals surface area contributed by atoms with E-state index in [0.717, 1.165) is 13.1 Å². The second-order valence-electron chi connectivity index (χ2n) is 2.79. The molecule has 0 saturated carbocycles. The van der Waals surface area contributed by atoms with Crippen molar-refractivity contribution in [3.05, 3.63) is 0 Å². The molecular formula is C8H16BrNO2. The Morgan fingerprint density at radius 3 is 2.50 bits per heavy atom. The topological polar surface area (TPSA) is 29.5 Å². The zero-order valence-electron chi connectivity index (χ0n) is 7.41. The minimum Gasteiger partial charge on any atom is -0.465 e. The highest BCUT2D eigenvalue weighted by Gasteiger charge is 2.14. The molecule has 1 aliphatic rings. The van der Waals surface area contributed by atoms with Gasteiger partial charge in [-0.05, 0) is 32.9 Å². The highest BCUT2D eigenvalue weighted by atomic mass is 79.9. The number of halogens is 1. The summed E-state index contributed by atoms with van der Waals surface area (Å²) in [6.07, 6.45) is 2.44. The van der Waals surface area contributed by atoms with Crippen molar-refractivity contribution in [2.75, 3.05) is 26.2 Å². The molecule has 0 atom stereocenters. The molecule has 0 amide bonds. The third-order valence-electron chi connectivity index (χ3n) is 1.86. The number of nitrogens with zero attached hydrogens (tertiary/aromatic N) is 1. The minimum atomic E-state index is -0.0885. The second kappa shape index (κ2) is 6.43. The maximum Gasteiger partial charge on any atom is 0.320 e. The summed E-state index contributed by atoms with van der Waals surface area (Å²) in [5.74, 6) is -0.0885.